The Bertz CT molecular complexity index is 3810. The Morgan fingerprint density at radius 3 is 1.63 bits per heavy atom. The van der Waals surface area contributed by atoms with Crippen molar-refractivity contribution in [3.63, 3.8) is 0 Å². The fourth-order valence-electron chi connectivity index (χ4n) is 10.9. The van der Waals surface area contributed by atoms with Gasteiger partial charge in [0.25, 0.3) is 0 Å². The van der Waals surface area contributed by atoms with E-state index in [1.807, 2.05) is 109 Å². The van der Waals surface area contributed by atoms with E-state index in [2.05, 4.69) is 106 Å². The average molecular weight is 835 g/mol. The minimum atomic E-state index is -3.99. The minimum absolute atomic E-state index is 0.310. The van der Waals surface area contributed by atoms with E-state index in [1.54, 1.807) is 6.07 Å². The number of fused-ring (bicyclic) bond motifs is 14. The molecule has 2 aliphatic rings. The van der Waals surface area contributed by atoms with Crippen molar-refractivity contribution in [2.24, 2.45) is 0 Å². The second-order valence-corrected chi connectivity index (χ2v) is 21.0. The van der Waals surface area contributed by atoms with Crippen LogP contribution in [0.2, 0.25) is 0 Å². The van der Waals surface area contributed by atoms with Gasteiger partial charge < -0.3 is 13.7 Å². The summed E-state index contributed by atoms with van der Waals surface area (Å²) in [7, 11) is -7.21. The van der Waals surface area contributed by atoms with Gasteiger partial charge in [0.15, 0.2) is 7.14 Å². The Morgan fingerprint density at radius 2 is 0.919 bits per heavy atom. The molecule has 1 atom stereocenters. The molecule has 7 heteroatoms. The highest BCUT2D eigenvalue weighted by Crippen LogP contribution is 2.60. The highest BCUT2D eigenvalue weighted by molar-refractivity contribution is 7.91. The molecule has 0 bridgehead atoms. The molecule has 0 saturated carbocycles. The van der Waals surface area contributed by atoms with Crippen LogP contribution in [0.3, 0.4) is 0 Å². The lowest BCUT2D eigenvalue weighted by Crippen LogP contribution is -2.40. The molecule has 9 aromatic carbocycles. The molecule has 0 radical (unpaired) electrons. The van der Waals surface area contributed by atoms with E-state index in [-0.39, 0.29) is 0 Å². The lowest BCUT2D eigenvalue weighted by Gasteiger charge is -2.45. The normalized spacial score (nSPS) is 16.1. The topological polar surface area (TPSA) is 61.1 Å². The number of rotatable bonds is 4. The van der Waals surface area contributed by atoms with Gasteiger partial charge in [0.05, 0.1) is 43.0 Å². The molecule has 2 aliphatic heterocycles. The van der Waals surface area contributed by atoms with Crippen LogP contribution in [-0.4, -0.2) is 17.6 Å². The molecular weight excluding hydrogens is 800 g/mol. The zero-order valence-corrected chi connectivity index (χ0v) is 34.9. The second-order valence-electron chi connectivity index (χ2n) is 16.3. The monoisotopic (exact) mass is 834 g/mol. The molecule has 62 heavy (non-hydrogen) atoms. The molecule has 4 heterocycles. The first kappa shape index (κ1) is 35.5. The summed E-state index contributed by atoms with van der Waals surface area (Å²) in [4.78, 5) is 0.633. The van der Waals surface area contributed by atoms with Crippen LogP contribution in [0.15, 0.2) is 222 Å². The first-order chi connectivity index (χ1) is 30.4. The lowest BCUT2D eigenvalue weighted by molar-refractivity contribution is 0.578. The van der Waals surface area contributed by atoms with Gasteiger partial charge in [-0.25, -0.2) is 8.42 Å². The number of benzene rings is 9. The molecule has 11 aromatic rings. The Morgan fingerprint density at radius 1 is 0.387 bits per heavy atom. The number of para-hydroxylation sites is 4. The van der Waals surface area contributed by atoms with Gasteiger partial charge in [0, 0.05) is 43.1 Å². The number of hydrogen-bond donors (Lipinski definition) is 0. The van der Waals surface area contributed by atoms with Crippen LogP contribution >= 0.6 is 7.14 Å². The van der Waals surface area contributed by atoms with Crippen LogP contribution < -0.4 is 15.9 Å². The van der Waals surface area contributed by atoms with E-state index >= 15 is 13.0 Å². The average Bonchev–Trinajstić information content (AvgIpc) is 3.85. The molecule has 0 amide bonds. The van der Waals surface area contributed by atoms with Crippen LogP contribution in [0.4, 0.5) is 0 Å². The third-order valence-electron chi connectivity index (χ3n) is 13.4. The van der Waals surface area contributed by atoms with Crippen LogP contribution in [0.25, 0.3) is 55.0 Å². The Balaban J connectivity index is 1.14. The van der Waals surface area contributed by atoms with Gasteiger partial charge in [0.1, 0.15) is 0 Å². The van der Waals surface area contributed by atoms with Crippen LogP contribution in [-0.2, 0) is 19.8 Å². The predicted octanol–water partition coefficient (Wildman–Crippen LogP) is 11.4. The van der Waals surface area contributed by atoms with Gasteiger partial charge in [0.2, 0.25) is 9.84 Å². The largest absolute Gasteiger partial charge is 0.309 e. The van der Waals surface area contributed by atoms with Crippen molar-refractivity contribution in [3.8, 4) is 11.4 Å². The SMILES string of the molecule is O=P(c1ccccc1)(c1ccccc1)c1ccc(-n2c3ccccc3c3cc4c(cc32)C2(c3ccccc3-n3c5ccccc5c5cccc2c53)c2ccccc2S4(=O)=O)cc1. The maximum Gasteiger partial charge on any atom is 0.207 e. The Kier molecular flexibility index (Phi) is 7.25. The molecule has 0 N–H and O–H groups in total. The van der Waals surface area contributed by atoms with E-state index < -0.39 is 22.4 Å². The van der Waals surface area contributed by atoms with Gasteiger partial charge in [-0.15, -0.1) is 0 Å². The van der Waals surface area contributed by atoms with Gasteiger partial charge >= 0.3 is 0 Å². The molecule has 1 unspecified atom stereocenters. The van der Waals surface area contributed by atoms with Crippen molar-refractivity contribution < 1.29 is 13.0 Å². The number of hydrogen-bond acceptors (Lipinski definition) is 3. The minimum Gasteiger partial charge on any atom is -0.309 e. The highest BCUT2D eigenvalue weighted by Gasteiger charge is 2.53. The molecular formula is C55H35N2O3PS. The summed E-state index contributed by atoms with van der Waals surface area (Å²) in [5.74, 6) is 0. The first-order valence-corrected chi connectivity index (χ1v) is 24.0. The molecule has 294 valence electrons. The maximum absolute atomic E-state index is 15.4. The molecule has 1 spiro atoms. The summed E-state index contributed by atoms with van der Waals surface area (Å²) in [5, 5.41) is 6.35. The number of sulfone groups is 1. The zero-order valence-electron chi connectivity index (χ0n) is 33.2. The van der Waals surface area contributed by atoms with Crippen molar-refractivity contribution in [2.45, 2.75) is 15.2 Å². The van der Waals surface area contributed by atoms with Crippen molar-refractivity contribution in [2.75, 3.05) is 0 Å². The van der Waals surface area contributed by atoms with Crippen molar-refractivity contribution >= 4 is 76.5 Å². The Hall–Kier alpha value is -7.24. The fourth-order valence-corrected chi connectivity index (χ4v) is 15.3. The summed E-state index contributed by atoms with van der Waals surface area (Å²) < 4.78 is 50.5. The van der Waals surface area contributed by atoms with E-state index in [0.717, 1.165) is 93.2 Å². The number of aromatic nitrogens is 2. The lowest BCUT2D eigenvalue weighted by atomic mass is 9.62. The van der Waals surface area contributed by atoms with Crippen molar-refractivity contribution in [1.82, 2.24) is 9.13 Å². The van der Waals surface area contributed by atoms with E-state index in [9.17, 15) is 0 Å². The standard InChI is InChI=1S/C55H35N2O3PS/c58-61(37-16-3-1-4-17-37,38-18-5-2-6-19-38)39-32-30-36(31-33-39)56-48-26-11-8-21-41(48)43-34-53-47(35-51(43)56)55(45-24-10-14-29-52(45)62(53,59)60)44-23-9-13-28-50(44)57-49-27-12-7-20-40(49)42-22-15-25-46(55)54(42)57/h1-35H. The summed E-state index contributed by atoms with van der Waals surface area (Å²) in [6, 6.07) is 70.9. The summed E-state index contributed by atoms with van der Waals surface area (Å²) in [5.41, 5.74) is 8.45. The van der Waals surface area contributed by atoms with Crippen molar-refractivity contribution in [3.05, 3.63) is 235 Å². The Labute approximate surface area is 358 Å². The summed E-state index contributed by atoms with van der Waals surface area (Å²) in [6.07, 6.45) is 0. The van der Waals surface area contributed by atoms with Gasteiger partial charge in [-0.05, 0) is 82.9 Å². The van der Waals surface area contributed by atoms with E-state index in [4.69, 9.17) is 0 Å². The van der Waals surface area contributed by atoms with Crippen LogP contribution in [0.5, 0.6) is 0 Å². The zero-order chi connectivity index (χ0) is 41.4. The summed E-state index contributed by atoms with van der Waals surface area (Å²) in [6.45, 7) is 0. The predicted molar refractivity (Wildman–Crippen MR) is 252 cm³/mol. The van der Waals surface area contributed by atoms with Crippen LogP contribution in [0.1, 0.15) is 22.3 Å². The van der Waals surface area contributed by atoms with Crippen molar-refractivity contribution in [1.29, 1.82) is 0 Å². The third kappa shape index (κ3) is 4.42. The van der Waals surface area contributed by atoms with E-state index in [1.165, 1.54) is 0 Å². The number of nitrogens with zero attached hydrogens (tertiary/aromatic N) is 2. The quantitative estimate of drug-likeness (QED) is 0.166. The molecule has 0 aliphatic carbocycles. The smallest absolute Gasteiger partial charge is 0.207 e. The van der Waals surface area contributed by atoms with Gasteiger partial charge in [-0.2, -0.15) is 0 Å². The fraction of sp³-hybridized carbons (Fsp3) is 0.0182. The highest BCUT2D eigenvalue weighted by atomic mass is 32.2. The second kappa shape index (κ2) is 12.7. The molecule has 2 aromatic heterocycles. The summed E-state index contributed by atoms with van der Waals surface area (Å²) >= 11 is 0. The third-order valence-corrected chi connectivity index (χ3v) is 18.3. The first-order valence-electron chi connectivity index (χ1n) is 20.8. The van der Waals surface area contributed by atoms with Crippen LogP contribution in [0, 0.1) is 0 Å². The molecule has 5 nitrogen and oxygen atoms in total. The molecule has 0 saturated heterocycles. The maximum atomic E-state index is 15.4. The molecule has 0 fully saturated rings. The van der Waals surface area contributed by atoms with E-state index in [0.29, 0.717) is 9.79 Å². The van der Waals surface area contributed by atoms with Gasteiger partial charge in [-0.3, -0.25) is 0 Å². The molecule has 13 rings (SSSR count). The van der Waals surface area contributed by atoms with Gasteiger partial charge in [-0.1, -0.05) is 152 Å².